The molecule has 28 heavy (non-hydrogen) atoms. The Kier molecular flexibility index (Phi) is 6.17. The van der Waals surface area contributed by atoms with Gasteiger partial charge >= 0.3 is 6.18 Å². The molecule has 2 aromatic carbocycles. The Labute approximate surface area is 169 Å². The summed E-state index contributed by atoms with van der Waals surface area (Å²) in [6, 6.07) is 8.39. The minimum atomic E-state index is -4.49. The minimum absolute atomic E-state index is 0.142. The van der Waals surface area contributed by atoms with Crippen molar-refractivity contribution in [1.82, 2.24) is 0 Å². The fourth-order valence-electron chi connectivity index (χ4n) is 3.27. The molecular weight excluding hydrogens is 437 g/mol. The van der Waals surface area contributed by atoms with E-state index in [2.05, 4.69) is 21.2 Å². The molecule has 150 valence electrons. The third-order valence-electron chi connectivity index (χ3n) is 4.67. The average Bonchev–Trinajstić information content (AvgIpc) is 2.68. The van der Waals surface area contributed by atoms with Crippen LogP contribution in [0.5, 0.6) is 5.75 Å². The lowest BCUT2D eigenvalue weighted by Gasteiger charge is -2.31. The van der Waals surface area contributed by atoms with Crippen molar-refractivity contribution in [2.75, 3.05) is 30.4 Å². The van der Waals surface area contributed by atoms with Crippen LogP contribution in [0.15, 0.2) is 40.9 Å². The predicted molar refractivity (Wildman–Crippen MR) is 106 cm³/mol. The average molecular weight is 457 g/mol. The van der Waals surface area contributed by atoms with Crippen LogP contribution in [0.4, 0.5) is 24.5 Å². The number of hydrogen-bond acceptors (Lipinski definition) is 3. The standard InChI is InChI=1S/C20H20BrF3N2O2/c1-28-18-8-6-14(21)12-15(18)19(27)25-16-11-13(20(22,23)24)5-7-17(16)26-9-3-2-4-10-26/h5-8,11-12H,2-4,9-10H2,1H3,(H,25,27). The Morgan fingerprint density at radius 1 is 1.11 bits per heavy atom. The molecule has 8 heteroatoms. The number of amides is 1. The molecule has 1 fully saturated rings. The number of halogens is 4. The van der Waals surface area contributed by atoms with Gasteiger partial charge in [0.1, 0.15) is 5.75 Å². The highest BCUT2D eigenvalue weighted by Gasteiger charge is 2.32. The second-order valence-electron chi connectivity index (χ2n) is 6.58. The number of rotatable bonds is 4. The fraction of sp³-hybridized carbons (Fsp3) is 0.350. The Balaban J connectivity index is 1.98. The Bertz CT molecular complexity index is 865. The normalized spacial score (nSPS) is 14.7. The molecule has 4 nitrogen and oxygen atoms in total. The molecule has 1 saturated heterocycles. The maximum atomic E-state index is 13.2. The van der Waals surface area contributed by atoms with Crippen LogP contribution in [0.1, 0.15) is 35.2 Å². The summed E-state index contributed by atoms with van der Waals surface area (Å²) in [6.07, 6.45) is -1.47. The second-order valence-corrected chi connectivity index (χ2v) is 7.49. The first-order valence-electron chi connectivity index (χ1n) is 8.90. The highest BCUT2D eigenvalue weighted by Crippen LogP contribution is 2.37. The largest absolute Gasteiger partial charge is 0.496 e. The number of benzene rings is 2. The van der Waals surface area contributed by atoms with Gasteiger partial charge in [0.15, 0.2) is 0 Å². The van der Waals surface area contributed by atoms with Gasteiger partial charge in [-0.2, -0.15) is 13.2 Å². The first-order chi connectivity index (χ1) is 13.3. The van der Waals surface area contributed by atoms with Gasteiger partial charge in [0.2, 0.25) is 0 Å². The van der Waals surface area contributed by atoms with E-state index in [9.17, 15) is 18.0 Å². The molecule has 0 aliphatic carbocycles. The van der Waals surface area contributed by atoms with Crippen LogP contribution in [0.25, 0.3) is 0 Å². The van der Waals surface area contributed by atoms with E-state index in [0.717, 1.165) is 44.5 Å². The van der Waals surface area contributed by atoms with Crippen LogP contribution in [-0.4, -0.2) is 26.1 Å². The Morgan fingerprint density at radius 2 is 1.82 bits per heavy atom. The molecule has 1 heterocycles. The Hall–Kier alpha value is -2.22. The summed E-state index contributed by atoms with van der Waals surface area (Å²) in [7, 11) is 1.43. The Morgan fingerprint density at radius 3 is 2.46 bits per heavy atom. The van der Waals surface area contributed by atoms with Crippen LogP contribution in [0.2, 0.25) is 0 Å². The number of nitrogens with one attached hydrogen (secondary N) is 1. The predicted octanol–water partition coefficient (Wildman–Crippen LogP) is 5.72. The van der Waals surface area contributed by atoms with Crippen LogP contribution >= 0.6 is 15.9 Å². The number of carbonyl (C=O) groups is 1. The lowest BCUT2D eigenvalue weighted by molar-refractivity contribution is -0.137. The van der Waals surface area contributed by atoms with Crippen molar-refractivity contribution in [1.29, 1.82) is 0 Å². The zero-order chi connectivity index (χ0) is 20.3. The maximum absolute atomic E-state index is 13.2. The lowest BCUT2D eigenvalue weighted by Crippen LogP contribution is -2.30. The van der Waals surface area contributed by atoms with Crippen molar-refractivity contribution in [2.24, 2.45) is 0 Å². The zero-order valence-corrected chi connectivity index (χ0v) is 16.9. The number of hydrogen-bond donors (Lipinski definition) is 1. The molecule has 1 N–H and O–H groups in total. The molecule has 0 unspecified atom stereocenters. The van der Waals surface area contributed by atoms with E-state index in [4.69, 9.17) is 4.74 Å². The highest BCUT2D eigenvalue weighted by atomic mass is 79.9. The quantitative estimate of drug-likeness (QED) is 0.639. The summed E-state index contributed by atoms with van der Waals surface area (Å²) in [6.45, 7) is 1.49. The van der Waals surface area contributed by atoms with Gasteiger partial charge in [-0.3, -0.25) is 4.79 Å². The smallest absolute Gasteiger partial charge is 0.416 e. The van der Waals surface area contributed by atoms with E-state index < -0.39 is 17.6 Å². The molecule has 0 aromatic heterocycles. The van der Waals surface area contributed by atoms with Gasteiger partial charge < -0.3 is 15.0 Å². The number of ether oxygens (including phenoxy) is 1. The SMILES string of the molecule is COc1ccc(Br)cc1C(=O)Nc1cc(C(F)(F)F)ccc1N1CCCCC1. The molecule has 1 aliphatic heterocycles. The van der Waals surface area contributed by atoms with E-state index in [0.29, 0.717) is 15.9 Å². The van der Waals surface area contributed by atoms with Crippen LogP contribution < -0.4 is 15.0 Å². The van der Waals surface area contributed by atoms with Gasteiger partial charge in [0, 0.05) is 17.6 Å². The van der Waals surface area contributed by atoms with Crippen molar-refractivity contribution in [3.05, 3.63) is 52.0 Å². The van der Waals surface area contributed by atoms with E-state index >= 15 is 0 Å². The monoisotopic (exact) mass is 456 g/mol. The zero-order valence-electron chi connectivity index (χ0n) is 15.3. The number of anilines is 2. The van der Waals surface area contributed by atoms with Crippen LogP contribution in [0, 0.1) is 0 Å². The summed E-state index contributed by atoms with van der Waals surface area (Å²) < 4.78 is 45.5. The lowest BCUT2D eigenvalue weighted by atomic mass is 10.1. The molecule has 1 aliphatic rings. The second kappa shape index (κ2) is 8.43. The first kappa shape index (κ1) is 20.5. The van der Waals surface area contributed by atoms with Crippen LogP contribution in [0.3, 0.4) is 0 Å². The molecule has 0 atom stereocenters. The molecule has 3 rings (SSSR count). The summed E-state index contributed by atoms with van der Waals surface area (Å²) in [4.78, 5) is 14.8. The molecule has 0 saturated carbocycles. The third kappa shape index (κ3) is 4.60. The van der Waals surface area contributed by atoms with Gasteiger partial charge in [-0.15, -0.1) is 0 Å². The number of piperidine rings is 1. The maximum Gasteiger partial charge on any atom is 0.416 e. The highest BCUT2D eigenvalue weighted by molar-refractivity contribution is 9.10. The van der Waals surface area contributed by atoms with E-state index in [1.54, 1.807) is 18.2 Å². The molecule has 1 amide bonds. The first-order valence-corrected chi connectivity index (χ1v) is 9.70. The van der Waals surface area contributed by atoms with Gasteiger partial charge in [0.25, 0.3) is 5.91 Å². The van der Waals surface area contributed by atoms with Crippen LogP contribution in [-0.2, 0) is 6.18 Å². The molecule has 0 radical (unpaired) electrons. The van der Waals surface area contributed by atoms with Crippen molar-refractivity contribution >= 4 is 33.2 Å². The van der Waals surface area contributed by atoms with E-state index in [1.807, 2.05) is 4.90 Å². The molecular formula is C20H20BrF3N2O2. The van der Waals surface area contributed by atoms with Crippen molar-refractivity contribution in [3.63, 3.8) is 0 Å². The van der Waals surface area contributed by atoms with Crippen molar-refractivity contribution < 1.29 is 22.7 Å². The number of carbonyl (C=O) groups excluding carboxylic acids is 1. The molecule has 2 aromatic rings. The third-order valence-corrected chi connectivity index (χ3v) is 5.17. The van der Waals surface area contributed by atoms with Gasteiger partial charge in [-0.1, -0.05) is 15.9 Å². The topological polar surface area (TPSA) is 41.6 Å². The summed E-state index contributed by atoms with van der Waals surface area (Å²) in [5, 5.41) is 2.66. The molecule has 0 spiro atoms. The minimum Gasteiger partial charge on any atom is -0.496 e. The van der Waals surface area contributed by atoms with Crippen molar-refractivity contribution in [3.8, 4) is 5.75 Å². The van der Waals surface area contributed by atoms with E-state index in [-0.39, 0.29) is 11.3 Å². The van der Waals surface area contributed by atoms with Gasteiger partial charge in [0.05, 0.1) is 29.6 Å². The molecule has 0 bridgehead atoms. The summed E-state index contributed by atoms with van der Waals surface area (Å²) in [5.74, 6) is -0.192. The summed E-state index contributed by atoms with van der Waals surface area (Å²) >= 11 is 3.30. The fourth-order valence-corrected chi connectivity index (χ4v) is 3.63. The van der Waals surface area contributed by atoms with Gasteiger partial charge in [-0.25, -0.2) is 0 Å². The number of alkyl halides is 3. The van der Waals surface area contributed by atoms with Crippen molar-refractivity contribution in [2.45, 2.75) is 25.4 Å². The van der Waals surface area contributed by atoms with Gasteiger partial charge in [-0.05, 0) is 55.7 Å². The number of nitrogens with zero attached hydrogens (tertiary/aromatic N) is 1. The van der Waals surface area contributed by atoms with E-state index in [1.165, 1.54) is 13.2 Å². The summed E-state index contributed by atoms with van der Waals surface area (Å²) in [5.41, 5.74) is 0.169. The number of methoxy groups -OCH3 is 1.